The van der Waals surface area contributed by atoms with Gasteiger partial charge in [0.25, 0.3) is 15.9 Å². The third kappa shape index (κ3) is 5.40. The Morgan fingerprint density at radius 3 is 2.57 bits per heavy atom. The van der Waals surface area contributed by atoms with Crippen LogP contribution in [-0.2, 0) is 10.0 Å². The second kappa shape index (κ2) is 9.31. The highest BCUT2D eigenvalue weighted by Crippen LogP contribution is 2.19. The van der Waals surface area contributed by atoms with Crippen molar-refractivity contribution in [2.75, 3.05) is 17.8 Å². The van der Waals surface area contributed by atoms with E-state index in [1.54, 1.807) is 6.07 Å². The number of nitrogens with one attached hydrogen (secondary N) is 3. The van der Waals surface area contributed by atoms with Gasteiger partial charge < -0.3 is 10.6 Å². The second-order valence-electron chi connectivity index (χ2n) is 6.28. The molecule has 10 heteroatoms. The molecule has 0 aromatic heterocycles. The van der Waals surface area contributed by atoms with E-state index in [1.807, 2.05) is 0 Å². The van der Waals surface area contributed by atoms with Gasteiger partial charge in [-0.2, -0.15) is 0 Å². The lowest BCUT2D eigenvalue weighted by atomic mass is 10.1. The number of halogens is 3. The first-order valence-electron chi connectivity index (χ1n) is 8.45. The number of amides is 1. The van der Waals surface area contributed by atoms with Gasteiger partial charge in [-0.05, 0) is 55.8 Å². The van der Waals surface area contributed by atoms with Crippen LogP contribution >= 0.6 is 12.4 Å². The van der Waals surface area contributed by atoms with Crippen LogP contribution in [-0.4, -0.2) is 33.5 Å². The van der Waals surface area contributed by atoms with E-state index in [9.17, 15) is 22.0 Å². The van der Waals surface area contributed by atoms with Crippen molar-refractivity contribution < 1.29 is 22.0 Å². The zero-order valence-electron chi connectivity index (χ0n) is 14.7. The first-order chi connectivity index (χ1) is 12.8. The maximum absolute atomic E-state index is 13.3. The Labute approximate surface area is 168 Å². The normalized spacial score (nSPS) is 16.7. The fraction of sp³-hybridized carbons (Fsp3) is 0.278. The van der Waals surface area contributed by atoms with Gasteiger partial charge in [-0.15, -0.1) is 12.4 Å². The fourth-order valence-corrected chi connectivity index (χ4v) is 3.89. The molecule has 1 heterocycles. The summed E-state index contributed by atoms with van der Waals surface area (Å²) in [6.45, 7) is 1.61. The van der Waals surface area contributed by atoms with Gasteiger partial charge in [0.05, 0.1) is 4.90 Å². The maximum Gasteiger partial charge on any atom is 0.261 e. The predicted octanol–water partition coefficient (Wildman–Crippen LogP) is 2.67. The smallest absolute Gasteiger partial charge is 0.261 e. The lowest BCUT2D eigenvalue weighted by molar-refractivity contribution is 0.0930. The molecule has 2 aromatic carbocycles. The minimum absolute atomic E-state index is 0. The highest BCUT2D eigenvalue weighted by Gasteiger charge is 2.19. The summed E-state index contributed by atoms with van der Waals surface area (Å²) >= 11 is 0. The summed E-state index contributed by atoms with van der Waals surface area (Å²) in [4.78, 5) is 12.0. The average Bonchev–Trinajstić information content (AvgIpc) is 2.64. The Kier molecular flexibility index (Phi) is 7.34. The standard InChI is InChI=1S/C18H19F2N3O3S.ClH/c19-16-7-6-15(10-17(16)20)27(25,26)23-13-4-1-3-12(9-13)18(24)22-14-5-2-8-21-11-14;/h1,3-4,6-7,9-10,14,21,23H,2,5,8,11H2,(H,22,24);1H/t14-;/m0./s1. The monoisotopic (exact) mass is 431 g/mol. The SMILES string of the molecule is Cl.O=C(N[C@H]1CCCNC1)c1cccc(NS(=O)(=O)c2ccc(F)c(F)c2)c1. The van der Waals surface area contributed by atoms with Gasteiger partial charge in [-0.25, -0.2) is 17.2 Å². The third-order valence-electron chi connectivity index (χ3n) is 4.21. The van der Waals surface area contributed by atoms with Crippen LogP contribution in [0.1, 0.15) is 23.2 Å². The molecule has 0 radical (unpaired) electrons. The van der Waals surface area contributed by atoms with Crippen LogP contribution in [0, 0.1) is 11.6 Å². The molecule has 28 heavy (non-hydrogen) atoms. The fourth-order valence-electron chi connectivity index (χ4n) is 2.83. The Bertz CT molecular complexity index is 951. The van der Waals surface area contributed by atoms with Crippen molar-refractivity contribution in [3.05, 3.63) is 59.7 Å². The van der Waals surface area contributed by atoms with Gasteiger partial charge in [-0.1, -0.05) is 6.07 Å². The maximum atomic E-state index is 13.3. The molecule has 0 saturated carbocycles. The van der Waals surface area contributed by atoms with E-state index in [-0.39, 0.29) is 30.0 Å². The van der Waals surface area contributed by atoms with Crippen LogP contribution in [0.5, 0.6) is 0 Å². The van der Waals surface area contributed by atoms with E-state index < -0.39 is 26.6 Å². The van der Waals surface area contributed by atoms with Crippen LogP contribution in [0.2, 0.25) is 0 Å². The quantitative estimate of drug-likeness (QED) is 0.679. The minimum Gasteiger partial charge on any atom is -0.348 e. The van der Waals surface area contributed by atoms with E-state index in [4.69, 9.17) is 0 Å². The zero-order valence-corrected chi connectivity index (χ0v) is 16.4. The number of anilines is 1. The lowest BCUT2D eigenvalue weighted by Gasteiger charge is -2.23. The molecule has 6 nitrogen and oxygen atoms in total. The number of carbonyl (C=O) groups excluding carboxylic acids is 1. The second-order valence-corrected chi connectivity index (χ2v) is 7.96. The summed E-state index contributed by atoms with van der Waals surface area (Å²) < 4.78 is 53.3. The number of carbonyl (C=O) groups is 1. The molecule has 2 aromatic rings. The largest absolute Gasteiger partial charge is 0.348 e. The topological polar surface area (TPSA) is 87.3 Å². The Balaban J connectivity index is 0.00000280. The molecule has 0 bridgehead atoms. The van der Waals surface area contributed by atoms with Gasteiger partial charge in [-0.3, -0.25) is 9.52 Å². The molecule has 1 fully saturated rings. The first-order valence-corrected chi connectivity index (χ1v) is 9.93. The van der Waals surface area contributed by atoms with E-state index >= 15 is 0 Å². The summed E-state index contributed by atoms with van der Waals surface area (Å²) in [6.07, 6.45) is 1.85. The van der Waals surface area contributed by atoms with Crippen LogP contribution in [0.25, 0.3) is 0 Å². The minimum atomic E-state index is -4.12. The molecule has 152 valence electrons. The van der Waals surface area contributed by atoms with Crippen molar-refractivity contribution in [3.63, 3.8) is 0 Å². The molecule has 1 atom stereocenters. The van der Waals surface area contributed by atoms with Crippen molar-refractivity contribution in [2.24, 2.45) is 0 Å². The van der Waals surface area contributed by atoms with Gasteiger partial charge >= 0.3 is 0 Å². The van der Waals surface area contributed by atoms with Gasteiger partial charge in [0, 0.05) is 23.8 Å². The summed E-state index contributed by atoms with van der Waals surface area (Å²) in [6, 6.07) is 8.30. The molecule has 1 aliphatic rings. The van der Waals surface area contributed by atoms with Gasteiger partial charge in [0.1, 0.15) is 0 Å². The Morgan fingerprint density at radius 2 is 1.89 bits per heavy atom. The molecule has 1 amide bonds. The van der Waals surface area contributed by atoms with E-state index in [0.29, 0.717) is 18.2 Å². The Morgan fingerprint density at radius 1 is 1.11 bits per heavy atom. The summed E-state index contributed by atoms with van der Waals surface area (Å²) in [5, 5.41) is 6.10. The Hall–Kier alpha value is -2.23. The first kappa shape index (κ1) is 22.1. The summed E-state index contributed by atoms with van der Waals surface area (Å²) in [5.41, 5.74) is 0.445. The van der Waals surface area contributed by atoms with E-state index in [1.165, 1.54) is 18.2 Å². The van der Waals surface area contributed by atoms with Crippen molar-refractivity contribution >= 4 is 34.0 Å². The van der Waals surface area contributed by atoms with Crippen molar-refractivity contribution in [1.29, 1.82) is 0 Å². The average molecular weight is 432 g/mol. The molecular weight excluding hydrogens is 412 g/mol. The molecule has 3 N–H and O–H groups in total. The van der Waals surface area contributed by atoms with Gasteiger partial charge in [0.15, 0.2) is 11.6 Å². The van der Waals surface area contributed by atoms with Crippen LogP contribution in [0.15, 0.2) is 47.4 Å². The van der Waals surface area contributed by atoms with Crippen LogP contribution in [0.4, 0.5) is 14.5 Å². The molecule has 0 unspecified atom stereocenters. The summed E-state index contributed by atoms with van der Waals surface area (Å²) in [7, 11) is -4.12. The zero-order chi connectivity index (χ0) is 19.4. The number of sulfonamides is 1. The highest BCUT2D eigenvalue weighted by atomic mass is 35.5. The summed E-state index contributed by atoms with van der Waals surface area (Å²) in [5.74, 6) is -2.70. The number of hydrogen-bond acceptors (Lipinski definition) is 4. The molecular formula is C18H20ClF2N3O3S. The number of hydrogen-bond donors (Lipinski definition) is 3. The van der Waals surface area contributed by atoms with Gasteiger partial charge in [0.2, 0.25) is 0 Å². The predicted molar refractivity (Wildman–Crippen MR) is 104 cm³/mol. The van der Waals surface area contributed by atoms with Crippen molar-refractivity contribution in [3.8, 4) is 0 Å². The number of piperidine rings is 1. The van der Waals surface area contributed by atoms with Crippen molar-refractivity contribution in [1.82, 2.24) is 10.6 Å². The highest BCUT2D eigenvalue weighted by molar-refractivity contribution is 7.92. The van der Waals surface area contributed by atoms with Crippen LogP contribution < -0.4 is 15.4 Å². The third-order valence-corrected chi connectivity index (χ3v) is 5.59. The van der Waals surface area contributed by atoms with E-state index in [0.717, 1.165) is 31.5 Å². The van der Waals surface area contributed by atoms with Crippen LogP contribution in [0.3, 0.4) is 0 Å². The number of benzene rings is 2. The molecule has 1 aliphatic heterocycles. The molecule has 0 aliphatic carbocycles. The lowest BCUT2D eigenvalue weighted by Crippen LogP contribution is -2.45. The number of rotatable bonds is 5. The molecule has 1 saturated heterocycles. The van der Waals surface area contributed by atoms with E-state index in [2.05, 4.69) is 15.4 Å². The van der Waals surface area contributed by atoms with Crippen molar-refractivity contribution in [2.45, 2.75) is 23.8 Å². The molecule has 0 spiro atoms. The molecule has 3 rings (SSSR count).